The number of hydrogen-bond donors (Lipinski definition) is 3. The largest absolute Gasteiger partial charge is 0.367 e. The average molecular weight is 460 g/mol. The van der Waals surface area contributed by atoms with Gasteiger partial charge in [-0.15, -0.1) is 0 Å². The first-order valence-electron chi connectivity index (χ1n) is 10.3. The zero-order chi connectivity index (χ0) is 21.8. The lowest BCUT2D eigenvalue weighted by Gasteiger charge is -2.27. The van der Waals surface area contributed by atoms with E-state index in [1.54, 1.807) is 24.5 Å². The lowest BCUT2D eigenvalue weighted by molar-refractivity contribution is 0.410. The summed E-state index contributed by atoms with van der Waals surface area (Å²) in [6, 6.07) is 11.2. The third-order valence-corrected chi connectivity index (χ3v) is 6.12. The van der Waals surface area contributed by atoms with Gasteiger partial charge in [0.2, 0.25) is 0 Å². The van der Waals surface area contributed by atoms with Crippen LogP contribution in [0.25, 0.3) is 11.1 Å². The van der Waals surface area contributed by atoms with Crippen molar-refractivity contribution in [3.8, 4) is 11.1 Å². The van der Waals surface area contributed by atoms with Crippen molar-refractivity contribution in [2.45, 2.75) is 44.3 Å². The Morgan fingerprint density at radius 2 is 1.77 bits per heavy atom. The number of halogens is 3. The summed E-state index contributed by atoms with van der Waals surface area (Å²) in [6.45, 7) is 0.422. The maximum atomic E-state index is 13.7. The Labute approximate surface area is 191 Å². The zero-order valence-corrected chi connectivity index (χ0v) is 18.4. The summed E-state index contributed by atoms with van der Waals surface area (Å²) in [7, 11) is 0. The van der Waals surface area contributed by atoms with Gasteiger partial charge in [0, 0.05) is 36.6 Å². The third kappa shape index (κ3) is 5.64. The van der Waals surface area contributed by atoms with Crippen LogP contribution in [-0.4, -0.2) is 22.1 Å². The van der Waals surface area contributed by atoms with Crippen molar-refractivity contribution in [1.82, 2.24) is 9.97 Å². The summed E-state index contributed by atoms with van der Waals surface area (Å²) >= 11 is 12.2. The highest BCUT2D eigenvalue weighted by Gasteiger charge is 2.19. The van der Waals surface area contributed by atoms with Gasteiger partial charge in [-0.2, -0.15) is 0 Å². The molecule has 1 saturated carbocycles. The van der Waals surface area contributed by atoms with E-state index in [0.29, 0.717) is 29.5 Å². The first-order valence-corrected chi connectivity index (χ1v) is 11.1. The van der Waals surface area contributed by atoms with Crippen molar-refractivity contribution in [3.05, 3.63) is 70.2 Å². The van der Waals surface area contributed by atoms with E-state index in [9.17, 15) is 4.39 Å². The maximum Gasteiger partial charge on any atom is 0.142 e. The van der Waals surface area contributed by atoms with Gasteiger partial charge in [-0.3, -0.25) is 0 Å². The fraction of sp³-hybridized carbons (Fsp3) is 0.304. The van der Waals surface area contributed by atoms with E-state index in [-0.39, 0.29) is 5.02 Å². The SMILES string of the molecule is NC1CCC(Nc2cc(-c3ccnc(NCc4ccc(Cl)c(F)c4)c3)c(Cl)cn2)CC1. The summed E-state index contributed by atoms with van der Waals surface area (Å²) in [5.41, 5.74) is 8.56. The lowest BCUT2D eigenvalue weighted by Crippen LogP contribution is -2.33. The van der Waals surface area contributed by atoms with Gasteiger partial charge < -0.3 is 16.4 Å². The van der Waals surface area contributed by atoms with Crippen LogP contribution in [0.1, 0.15) is 31.2 Å². The highest BCUT2D eigenvalue weighted by Crippen LogP contribution is 2.31. The number of nitrogens with one attached hydrogen (secondary N) is 2. The normalized spacial score (nSPS) is 18.6. The smallest absolute Gasteiger partial charge is 0.142 e. The van der Waals surface area contributed by atoms with Crippen LogP contribution in [0.4, 0.5) is 16.0 Å². The van der Waals surface area contributed by atoms with Gasteiger partial charge in [0.05, 0.1) is 10.0 Å². The molecular weight excluding hydrogens is 436 g/mol. The van der Waals surface area contributed by atoms with E-state index in [1.165, 1.54) is 6.07 Å². The lowest BCUT2D eigenvalue weighted by atomic mass is 9.92. The van der Waals surface area contributed by atoms with Crippen LogP contribution in [0.5, 0.6) is 0 Å². The molecule has 0 amide bonds. The van der Waals surface area contributed by atoms with Crippen LogP contribution in [0, 0.1) is 5.82 Å². The second kappa shape index (κ2) is 9.81. The van der Waals surface area contributed by atoms with E-state index < -0.39 is 5.82 Å². The molecule has 1 fully saturated rings. The first-order chi connectivity index (χ1) is 15.0. The van der Waals surface area contributed by atoms with E-state index in [0.717, 1.165) is 48.2 Å². The topological polar surface area (TPSA) is 75.9 Å². The number of nitrogens with two attached hydrogens (primary N) is 1. The van der Waals surface area contributed by atoms with E-state index in [1.807, 2.05) is 18.2 Å². The number of hydrogen-bond acceptors (Lipinski definition) is 5. The van der Waals surface area contributed by atoms with Crippen molar-refractivity contribution >= 4 is 34.8 Å². The van der Waals surface area contributed by atoms with Crippen LogP contribution in [0.15, 0.2) is 48.8 Å². The summed E-state index contributed by atoms with van der Waals surface area (Å²) < 4.78 is 13.7. The fourth-order valence-corrected chi connectivity index (χ4v) is 4.08. The molecule has 0 saturated heterocycles. The molecule has 0 atom stereocenters. The van der Waals surface area contributed by atoms with Gasteiger partial charge in [0.25, 0.3) is 0 Å². The summed E-state index contributed by atoms with van der Waals surface area (Å²) in [5, 5.41) is 7.39. The Balaban J connectivity index is 1.48. The standard InChI is InChI=1S/C23H24Cl2FN5/c24-19-6-1-14(9-21(19)26)12-29-22-10-15(7-8-28-22)18-11-23(30-13-20(18)25)31-17-4-2-16(27)3-5-17/h1,6-11,13,16-17H,2-5,12,27H2,(H,28,29)(H,30,31). The predicted octanol–water partition coefficient (Wildman–Crippen LogP) is 5.88. The molecule has 2 aromatic heterocycles. The molecule has 0 aliphatic heterocycles. The molecule has 3 aromatic rings. The van der Waals surface area contributed by atoms with E-state index >= 15 is 0 Å². The van der Waals surface area contributed by atoms with Crippen LogP contribution in [-0.2, 0) is 6.54 Å². The maximum absolute atomic E-state index is 13.7. The Bertz CT molecular complexity index is 1050. The second-order valence-electron chi connectivity index (χ2n) is 7.84. The van der Waals surface area contributed by atoms with Crippen LogP contribution in [0.2, 0.25) is 10.0 Å². The Kier molecular flexibility index (Phi) is 6.90. The van der Waals surface area contributed by atoms with E-state index in [4.69, 9.17) is 28.9 Å². The molecule has 1 aromatic carbocycles. The Hall–Kier alpha value is -2.41. The van der Waals surface area contributed by atoms with Gasteiger partial charge >= 0.3 is 0 Å². The monoisotopic (exact) mass is 459 g/mol. The Morgan fingerprint density at radius 1 is 0.968 bits per heavy atom. The molecule has 4 N–H and O–H groups in total. The molecule has 1 aliphatic carbocycles. The van der Waals surface area contributed by atoms with Gasteiger partial charge in [0.1, 0.15) is 17.5 Å². The van der Waals surface area contributed by atoms with Crippen LogP contribution >= 0.6 is 23.2 Å². The van der Waals surface area contributed by atoms with Gasteiger partial charge in [-0.1, -0.05) is 29.3 Å². The molecule has 1 aliphatic rings. The van der Waals surface area contributed by atoms with Crippen LogP contribution < -0.4 is 16.4 Å². The Morgan fingerprint density at radius 3 is 2.55 bits per heavy atom. The fourth-order valence-electron chi connectivity index (χ4n) is 3.75. The minimum atomic E-state index is -0.439. The minimum Gasteiger partial charge on any atom is -0.367 e. The number of aromatic nitrogens is 2. The quantitative estimate of drug-likeness (QED) is 0.428. The molecule has 0 unspecified atom stereocenters. The first kappa shape index (κ1) is 21.8. The number of pyridine rings is 2. The molecule has 0 bridgehead atoms. The third-order valence-electron chi connectivity index (χ3n) is 5.51. The molecule has 4 rings (SSSR count). The summed E-state index contributed by atoms with van der Waals surface area (Å²) in [4.78, 5) is 8.80. The highest BCUT2D eigenvalue weighted by atomic mass is 35.5. The number of nitrogens with zero attached hydrogens (tertiary/aromatic N) is 2. The van der Waals surface area contributed by atoms with Crippen molar-refractivity contribution in [2.24, 2.45) is 5.73 Å². The van der Waals surface area contributed by atoms with Crippen LogP contribution in [0.3, 0.4) is 0 Å². The summed E-state index contributed by atoms with van der Waals surface area (Å²) in [6.07, 6.45) is 7.50. The highest BCUT2D eigenvalue weighted by molar-refractivity contribution is 6.33. The molecular formula is C23H24Cl2FN5. The molecule has 31 heavy (non-hydrogen) atoms. The average Bonchev–Trinajstić information content (AvgIpc) is 2.78. The molecule has 0 radical (unpaired) electrons. The van der Waals surface area contributed by atoms with Crippen molar-refractivity contribution in [2.75, 3.05) is 10.6 Å². The van der Waals surface area contributed by atoms with Crippen molar-refractivity contribution < 1.29 is 4.39 Å². The van der Waals surface area contributed by atoms with Gasteiger partial charge in [-0.25, -0.2) is 14.4 Å². The van der Waals surface area contributed by atoms with E-state index in [2.05, 4.69) is 20.6 Å². The minimum absolute atomic E-state index is 0.108. The number of rotatable bonds is 6. The predicted molar refractivity (Wildman–Crippen MR) is 125 cm³/mol. The molecule has 2 heterocycles. The molecule has 0 spiro atoms. The van der Waals surface area contributed by atoms with Gasteiger partial charge in [0.15, 0.2) is 0 Å². The summed E-state index contributed by atoms with van der Waals surface area (Å²) in [5.74, 6) is 1.02. The molecule has 5 nitrogen and oxygen atoms in total. The van der Waals surface area contributed by atoms with Gasteiger partial charge in [-0.05, 0) is 67.1 Å². The second-order valence-corrected chi connectivity index (χ2v) is 8.65. The number of benzene rings is 1. The van der Waals surface area contributed by atoms with Crippen molar-refractivity contribution in [1.29, 1.82) is 0 Å². The molecule has 162 valence electrons. The molecule has 8 heteroatoms. The zero-order valence-electron chi connectivity index (χ0n) is 16.9. The van der Waals surface area contributed by atoms with Crippen molar-refractivity contribution in [3.63, 3.8) is 0 Å². The number of anilines is 2.